The average molecular weight is 274 g/mol. The molecule has 4 nitrogen and oxygen atoms in total. The maximum absolute atomic E-state index is 12.2. The molecule has 1 atom stereocenters. The molecule has 7 heteroatoms. The molecule has 1 heterocycles. The first-order valence-electron chi connectivity index (χ1n) is 4.89. The van der Waals surface area contributed by atoms with E-state index in [0.29, 0.717) is 11.8 Å². The summed E-state index contributed by atoms with van der Waals surface area (Å²) in [6.07, 6.45) is -0.312. The predicted octanol–water partition coefficient (Wildman–Crippen LogP) is 2.66. The minimum Gasteiger partial charge on any atom is -0.294 e. The van der Waals surface area contributed by atoms with Crippen molar-refractivity contribution in [1.82, 2.24) is 14.8 Å². The van der Waals surface area contributed by atoms with Gasteiger partial charge in [0.25, 0.3) is 0 Å². The predicted molar refractivity (Wildman–Crippen MR) is 62.5 cm³/mol. The average Bonchev–Trinajstić information content (AvgIpc) is 2.71. The first-order chi connectivity index (χ1) is 8.56. The van der Waals surface area contributed by atoms with Crippen LogP contribution in [-0.4, -0.2) is 21.1 Å². The van der Waals surface area contributed by atoms with Crippen LogP contribution in [0.3, 0.4) is 0 Å². The second-order valence-corrected chi connectivity index (χ2v) is 3.60. The van der Waals surface area contributed by atoms with E-state index in [-0.39, 0.29) is 5.82 Å². The van der Waals surface area contributed by atoms with Gasteiger partial charge in [0.05, 0.1) is 0 Å². The van der Waals surface area contributed by atoms with E-state index in [9.17, 15) is 13.6 Å². The number of aromatic nitrogens is 3. The molecule has 2 rings (SSSR count). The van der Waals surface area contributed by atoms with Crippen molar-refractivity contribution < 1.29 is 13.6 Å². The fraction of sp³-hybridized carbons (Fsp3) is 0.182. The molecule has 96 valence electrons. The Morgan fingerprint density at radius 2 is 1.94 bits per heavy atom. The first kappa shape index (κ1) is 14.2. The smallest absolute Gasteiger partial charge is 0.294 e. The van der Waals surface area contributed by atoms with Crippen LogP contribution in [0.15, 0.2) is 30.3 Å². The first-order valence-corrected chi connectivity index (χ1v) is 5.33. The second-order valence-electron chi connectivity index (χ2n) is 3.22. The van der Waals surface area contributed by atoms with Crippen LogP contribution in [0.25, 0.3) is 0 Å². The van der Waals surface area contributed by atoms with Crippen LogP contribution in [0.5, 0.6) is 0 Å². The van der Waals surface area contributed by atoms with Crippen molar-refractivity contribution in [3.8, 4) is 0 Å². The summed E-state index contributed by atoms with van der Waals surface area (Å²) in [5, 5.41) is 6.21. The van der Waals surface area contributed by atoms with E-state index in [0.717, 1.165) is 4.57 Å². The van der Waals surface area contributed by atoms with Crippen molar-refractivity contribution in [1.29, 1.82) is 0 Å². The van der Waals surface area contributed by atoms with Crippen LogP contribution in [0, 0.1) is 6.08 Å². The fourth-order valence-electron chi connectivity index (χ4n) is 1.02. The third kappa shape index (κ3) is 3.89. The molecule has 0 spiro atoms. The minimum absolute atomic E-state index is 0.00694. The highest BCUT2D eigenvalue weighted by molar-refractivity contribution is 6.19. The lowest BCUT2D eigenvalue weighted by atomic mass is 10.2. The number of rotatable bonds is 2. The summed E-state index contributed by atoms with van der Waals surface area (Å²) < 4.78 is 25.3. The van der Waals surface area contributed by atoms with Crippen molar-refractivity contribution in [2.75, 3.05) is 0 Å². The van der Waals surface area contributed by atoms with Crippen LogP contribution in [0.1, 0.15) is 21.8 Å². The summed E-state index contributed by atoms with van der Waals surface area (Å²) in [5.41, 5.74) is -0.856. The quantitative estimate of drug-likeness (QED) is 0.624. The van der Waals surface area contributed by atoms with Gasteiger partial charge in [0.1, 0.15) is 0 Å². The van der Waals surface area contributed by atoms with Crippen LogP contribution in [0.4, 0.5) is 8.78 Å². The summed E-state index contributed by atoms with van der Waals surface area (Å²) >= 11 is 5.14. The Kier molecular flexibility index (Phi) is 5.38. The third-order valence-electron chi connectivity index (χ3n) is 2.01. The van der Waals surface area contributed by atoms with Crippen molar-refractivity contribution in [2.24, 2.45) is 7.05 Å². The van der Waals surface area contributed by atoms with Crippen LogP contribution in [-0.2, 0) is 7.05 Å². The van der Waals surface area contributed by atoms with Gasteiger partial charge in [0, 0.05) is 12.6 Å². The number of nitrogens with zero attached hydrogens (tertiary/aromatic N) is 3. The topological polar surface area (TPSA) is 47.8 Å². The number of hydrogen-bond acceptors (Lipinski definition) is 3. The second kappa shape index (κ2) is 6.80. The van der Waals surface area contributed by atoms with Crippen molar-refractivity contribution in [3.05, 3.63) is 47.8 Å². The Labute approximate surface area is 107 Å². The summed E-state index contributed by atoms with van der Waals surface area (Å²) in [4.78, 5) is 9.95. The zero-order chi connectivity index (χ0) is 13.5. The molecule has 0 amide bonds. The van der Waals surface area contributed by atoms with Crippen molar-refractivity contribution in [3.63, 3.8) is 0 Å². The van der Waals surface area contributed by atoms with Crippen molar-refractivity contribution in [2.45, 2.75) is 5.63 Å². The summed E-state index contributed by atoms with van der Waals surface area (Å²) in [6.45, 7) is 0. The Morgan fingerprint density at radius 3 is 2.22 bits per heavy atom. The molecule has 0 radical (unpaired) electrons. The molecule has 1 aromatic heterocycles. The van der Waals surface area contributed by atoms with E-state index in [1.807, 2.05) is 6.07 Å². The lowest BCUT2D eigenvalue weighted by Crippen LogP contribution is -1.97. The molecule has 0 fully saturated rings. The molecule has 1 aromatic carbocycles. The molecule has 0 aliphatic carbocycles. The molecular weight excluding hydrogens is 264 g/mol. The van der Waals surface area contributed by atoms with Gasteiger partial charge in [0.2, 0.25) is 0 Å². The highest BCUT2D eigenvalue weighted by Gasteiger charge is 2.03. The zero-order valence-electron chi connectivity index (χ0n) is 9.43. The van der Waals surface area contributed by atoms with E-state index in [1.54, 1.807) is 24.3 Å². The SMILES string of the molecule is Cn1c(F)nnc1C=O.FC(Cl)c1ccccc1. The Balaban J connectivity index is 0.000000180. The maximum Gasteiger partial charge on any atom is 0.309 e. The van der Waals surface area contributed by atoms with E-state index in [4.69, 9.17) is 11.6 Å². The van der Waals surface area contributed by atoms with Gasteiger partial charge in [-0.2, -0.15) is 4.39 Å². The molecule has 18 heavy (non-hydrogen) atoms. The molecule has 1 unspecified atom stereocenters. The molecule has 2 aromatic rings. The Bertz CT molecular complexity index is 502. The van der Waals surface area contributed by atoms with E-state index in [2.05, 4.69) is 10.2 Å². The summed E-state index contributed by atoms with van der Waals surface area (Å²) in [7, 11) is 1.37. The number of aldehydes is 1. The van der Waals surface area contributed by atoms with Crippen LogP contribution >= 0.6 is 11.6 Å². The molecular formula is C11H10ClF2N3O. The molecule has 0 aliphatic heterocycles. The monoisotopic (exact) mass is 273 g/mol. The lowest BCUT2D eigenvalue weighted by Gasteiger charge is -1.95. The van der Waals surface area contributed by atoms with Gasteiger partial charge in [-0.25, -0.2) is 4.39 Å². The zero-order valence-corrected chi connectivity index (χ0v) is 10.2. The molecule has 0 N–H and O–H groups in total. The Hall–Kier alpha value is -1.82. The third-order valence-corrected chi connectivity index (χ3v) is 2.26. The maximum atomic E-state index is 12.2. The number of alkyl halides is 2. The van der Waals surface area contributed by atoms with Gasteiger partial charge in [-0.15, -0.1) is 5.10 Å². The number of hydrogen-bond donors (Lipinski definition) is 0. The van der Waals surface area contributed by atoms with E-state index in [1.165, 1.54) is 7.05 Å². The highest BCUT2D eigenvalue weighted by atomic mass is 35.5. The standard InChI is InChI=1S/C7H6ClF.C4H4FN3O/c8-7(9)6-4-2-1-3-5-6;1-8-3(2-9)6-7-4(8)5/h1-5,7H;2H,1H3. The van der Waals surface area contributed by atoms with Gasteiger partial charge in [-0.1, -0.05) is 47.0 Å². The summed E-state index contributed by atoms with van der Waals surface area (Å²) in [6, 6.07) is 8.63. The van der Waals surface area contributed by atoms with Gasteiger partial charge in [0.15, 0.2) is 17.7 Å². The van der Waals surface area contributed by atoms with Gasteiger partial charge in [-0.3, -0.25) is 9.36 Å². The van der Waals surface area contributed by atoms with E-state index < -0.39 is 11.7 Å². The molecule has 0 bridgehead atoms. The lowest BCUT2D eigenvalue weighted by molar-refractivity contribution is 0.111. The molecule has 0 saturated heterocycles. The fourth-order valence-corrected chi connectivity index (χ4v) is 1.17. The number of benzene rings is 1. The van der Waals surface area contributed by atoms with Gasteiger partial charge in [-0.05, 0) is 0 Å². The highest BCUT2D eigenvalue weighted by Crippen LogP contribution is 2.19. The van der Waals surface area contributed by atoms with Crippen LogP contribution in [0.2, 0.25) is 0 Å². The minimum atomic E-state index is -1.37. The van der Waals surface area contributed by atoms with Gasteiger partial charge >= 0.3 is 6.08 Å². The Morgan fingerprint density at radius 1 is 1.33 bits per heavy atom. The largest absolute Gasteiger partial charge is 0.309 e. The normalized spacial score (nSPS) is 11.3. The molecule has 0 aliphatic rings. The summed E-state index contributed by atoms with van der Waals surface area (Å²) in [5.74, 6) is -0.00694. The van der Waals surface area contributed by atoms with Crippen molar-refractivity contribution >= 4 is 17.9 Å². The van der Waals surface area contributed by atoms with Gasteiger partial charge < -0.3 is 0 Å². The number of carbonyl (C=O) groups is 1. The van der Waals surface area contributed by atoms with E-state index >= 15 is 0 Å². The number of halogens is 3. The molecule has 0 saturated carbocycles. The number of carbonyl (C=O) groups excluding carboxylic acids is 1. The van der Waals surface area contributed by atoms with Crippen LogP contribution < -0.4 is 0 Å².